The molecular formula is C30H36F3N3O4. The SMILES string of the molecule is CCCO[C@H]1CN(C2CCC3(CC2)OCc2ccccc23)C[C@@H]1NC(=O)CNC(=O)c1cccc(C(F)(F)F)c1. The van der Waals surface area contributed by atoms with Gasteiger partial charge in [0.25, 0.3) is 5.91 Å². The first-order valence-electron chi connectivity index (χ1n) is 14.0. The molecule has 2 fully saturated rings. The highest BCUT2D eigenvalue weighted by atomic mass is 19.4. The Labute approximate surface area is 232 Å². The van der Waals surface area contributed by atoms with Gasteiger partial charge in [0, 0.05) is 31.3 Å². The number of halogens is 3. The average Bonchev–Trinajstić information content (AvgIpc) is 3.52. The van der Waals surface area contributed by atoms with E-state index in [0.717, 1.165) is 44.2 Å². The molecule has 0 unspecified atom stereocenters. The average molecular weight is 560 g/mol. The molecule has 3 aliphatic rings. The highest BCUT2D eigenvalue weighted by molar-refractivity contribution is 5.96. The van der Waals surface area contributed by atoms with Crippen molar-refractivity contribution in [2.75, 3.05) is 26.2 Å². The van der Waals surface area contributed by atoms with Gasteiger partial charge in [-0.05, 0) is 61.4 Å². The second kappa shape index (κ2) is 11.9. The van der Waals surface area contributed by atoms with Crippen molar-refractivity contribution in [1.29, 1.82) is 0 Å². The Morgan fingerprint density at radius 2 is 1.88 bits per heavy atom. The van der Waals surface area contributed by atoms with E-state index in [1.165, 1.54) is 23.3 Å². The monoisotopic (exact) mass is 559 g/mol. The predicted molar refractivity (Wildman–Crippen MR) is 142 cm³/mol. The number of likely N-dealkylation sites (tertiary alicyclic amines) is 1. The topological polar surface area (TPSA) is 79.9 Å². The van der Waals surface area contributed by atoms with Crippen molar-refractivity contribution in [3.63, 3.8) is 0 Å². The number of carbonyl (C=O) groups is 2. The van der Waals surface area contributed by atoms with Crippen LogP contribution in [0, 0.1) is 0 Å². The predicted octanol–water partition coefficient (Wildman–Crippen LogP) is 4.40. The van der Waals surface area contributed by atoms with Gasteiger partial charge in [0.15, 0.2) is 0 Å². The lowest BCUT2D eigenvalue weighted by molar-refractivity contribution is -0.137. The first kappa shape index (κ1) is 28.6. The van der Waals surface area contributed by atoms with E-state index in [2.05, 4.69) is 39.8 Å². The minimum Gasteiger partial charge on any atom is -0.375 e. The Bertz CT molecular complexity index is 1210. The van der Waals surface area contributed by atoms with Crippen LogP contribution in [0.3, 0.4) is 0 Å². The van der Waals surface area contributed by atoms with E-state index in [9.17, 15) is 22.8 Å². The number of nitrogens with zero attached hydrogens (tertiary/aromatic N) is 1. The summed E-state index contributed by atoms with van der Waals surface area (Å²) in [5.41, 5.74) is 1.33. The van der Waals surface area contributed by atoms with Crippen LogP contribution in [-0.4, -0.2) is 61.1 Å². The molecule has 1 saturated carbocycles. The third kappa shape index (κ3) is 6.19. The van der Waals surface area contributed by atoms with Crippen LogP contribution < -0.4 is 10.6 Å². The van der Waals surface area contributed by atoms with Crippen LogP contribution in [0.1, 0.15) is 66.1 Å². The number of carbonyl (C=O) groups excluding carboxylic acids is 2. The van der Waals surface area contributed by atoms with E-state index in [0.29, 0.717) is 32.3 Å². The molecule has 0 radical (unpaired) electrons. The molecule has 7 nitrogen and oxygen atoms in total. The second-order valence-corrected chi connectivity index (χ2v) is 11.0. The standard InChI is InChI=1S/C30H36F3N3O4/c1-2-14-39-26-18-36(23-10-12-29(13-11-23)24-9-4-3-6-21(24)19-40-29)17-25(26)35-27(37)16-34-28(38)20-7-5-8-22(15-20)30(31,32)33/h3-9,15,23,25-26H,2,10-14,16-19H2,1H3,(H,34,38)(H,35,37)/t23?,25-,26-,29?/m0/s1. The van der Waals surface area contributed by atoms with Crippen molar-refractivity contribution >= 4 is 11.8 Å². The van der Waals surface area contributed by atoms with Crippen LogP contribution in [0.5, 0.6) is 0 Å². The Kier molecular flexibility index (Phi) is 8.49. The van der Waals surface area contributed by atoms with Crippen LogP contribution in [0.15, 0.2) is 48.5 Å². The van der Waals surface area contributed by atoms with E-state index in [-0.39, 0.29) is 29.9 Å². The van der Waals surface area contributed by atoms with Gasteiger partial charge in [-0.15, -0.1) is 0 Å². The lowest BCUT2D eigenvalue weighted by atomic mass is 9.77. The zero-order valence-electron chi connectivity index (χ0n) is 22.6. The fraction of sp³-hybridized carbons (Fsp3) is 0.533. The number of rotatable bonds is 8. The van der Waals surface area contributed by atoms with E-state index in [4.69, 9.17) is 9.47 Å². The minimum absolute atomic E-state index is 0.150. The van der Waals surface area contributed by atoms with Gasteiger partial charge in [-0.3, -0.25) is 14.5 Å². The van der Waals surface area contributed by atoms with Crippen molar-refractivity contribution in [2.24, 2.45) is 0 Å². The van der Waals surface area contributed by atoms with Gasteiger partial charge in [-0.25, -0.2) is 0 Å². The number of amides is 2. The fourth-order valence-corrected chi connectivity index (χ4v) is 6.27. The summed E-state index contributed by atoms with van der Waals surface area (Å²) in [5, 5.41) is 5.42. The molecule has 0 aromatic heterocycles. The molecular weight excluding hydrogens is 523 g/mol. The molecule has 216 valence electrons. The quantitative estimate of drug-likeness (QED) is 0.502. The molecule has 5 rings (SSSR count). The molecule has 2 aromatic carbocycles. The van der Waals surface area contributed by atoms with E-state index < -0.39 is 23.6 Å². The molecule has 2 heterocycles. The molecule has 2 N–H and O–H groups in total. The molecule has 1 aliphatic carbocycles. The third-order valence-corrected chi connectivity index (χ3v) is 8.33. The van der Waals surface area contributed by atoms with Crippen LogP contribution in [0.25, 0.3) is 0 Å². The number of ether oxygens (including phenoxy) is 2. The molecule has 2 aromatic rings. The lowest BCUT2D eigenvalue weighted by Gasteiger charge is -2.40. The summed E-state index contributed by atoms with van der Waals surface area (Å²) in [4.78, 5) is 27.6. The van der Waals surface area contributed by atoms with Crippen LogP contribution >= 0.6 is 0 Å². The summed E-state index contributed by atoms with van der Waals surface area (Å²) in [6.45, 7) is 4.28. The van der Waals surface area contributed by atoms with Crippen molar-refractivity contribution in [3.8, 4) is 0 Å². The van der Waals surface area contributed by atoms with Gasteiger partial charge in [0.05, 0.1) is 36.5 Å². The number of fused-ring (bicyclic) bond motifs is 2. The summed E-state index contributed by atoms with van der Waals surface area (Å²) < 4.78 is 51.4. The highest BCUT2D eigenvalue weighted by Crippen LogP contribution is 2.47. The van der Waals surface area contributed by atoms with Crippen molar-refractivity contribution in [2.45, 2.75) is 75.6 Å². The maximum Gasteiger partial charge on any atom is 0.416 e. The molecule has 0 bridgehead atoms. The maximum absolute atomic E-state index is 13.0. The van der Waals surface area contributed by atoms with Crippen molar-refractivity contribution < 1.29 is 32.2 Å². The molecule has 2 aliphatic heterocycles. The number of alkyl halides is 3. The Morgan fingerprint density at radius 1 is 1.10 bits per heavy atom. The second-order valence-electron chi connectivity index (χ2n) is 11.0. The largest absolute Gasteiger partial charge is 0.416 e. The molecule has 1 saturated heterocycles. The lowest BCUT2D eigenvalue weighted by Crippen LogP contribution is -2.48. The Morgan fingerprint density at radius 3 is 2.62 bits per heavy atom. The van der Waals surface area contributed by atoms with Crippen LogP contribution in [0.2, 0.25) is 0 Å². The summed E-state index contributed by atoms with van der Waals surface area (Å²) in [6.07, 6.45) is -0.00217. The molecule has 40 heavy (non-hydrogen) atoms. The molecule has 2 amide bonds. The van der Waals surface area contributed by atoms with Crippen molar-refractivity contribution in [1.82, 2.24) is 15.5 Å². The van der Waals surface area contributed by atoms with Gasteiger partial charge in [0.1, 0.15) is 0 Å². The number of hydrogen-bond acceptors (Lipinski definition) is 5. The fourth-order valence-electron chi connectivity index (χ4n) is 6.27. The molecule has 2 atom stereocenters. The summed E-state index contributed by atoms with van der Waals surface area (Å²) >= 11 is 0. The molecule has 1 spiro atoms. The minimum atomic E-state index is -4.55. The van der Waals surface area contributed by atoms with Crippen molar-refractivity contribution in [3.05, 3.63) is 70.8 Å². The maximum atomic E-state index is 13.0. The number of nitrogens with one attached hydrogen (secondary N) is 2. The van der Waals surface area contributed by atoms with Gasteiger partial charge in [-0.2, -0.15) is 13.2 Å². The van der Waals surface area contributed by atoms with Crippen LogP contribution in [0.4, 0.5) is 13.2 Å². The van der Waals surface area contributed by atoms with Gasteiger partial charge in [-0.1, -0.05) is 37.3 Å². The van der Waals surface area contributed by atoms with E-state index in [1.807, 2.05) is 6.92 Å². The van der Waals surface area contributed by atoms with Gasteiger partial charge >= 0.3 is 6.18 Å². The third-order valence-electron chi connectivity index (χ3n) is 8.33. The highest BCUT2D eigenvalue weighted by Gasteiger charge is 2.46. The zero-order chi connectivity index (χ0) is 28.3. The van der Waals surface area contributed by atoms with Gasteiger partial charge in [0.2, 0.25) is 5.91 Å². The summed E-state index contributed by atoms with van der Waals surface area (Å²) in [7, 11) is 0. The molecule has 10 heteroatoms. The Balaban J connectivity index is 1.15. The number of benzene rings is 2. The first-order chi connectivity index (χ1) is 19.2. The Hall–Kier alpha value is -2.95. The van der Waals surface area contributed by atoms with Crippen LogP contribution in [-0.2, 0) is 32.7 Å². The summed E-state index contributed by atoms with van der Waals surface area (Å²) in [5.74, 6) is -1.14. The zero-order valence-corrected chi connectivity index (χ0v) is 22.6. The number of hydrogen-bond donors (Lipinski definition) is 2. The van der Waals surface area contributed by atoms with Gasteiger partial charge < -0.3 is 20.1 Å². The summed E-state index contributed by atoms with van der Waals surface area (Å²) in [6, 6.07) is 12.7. The normalized spacial score (nSPS) is 26.6. The van der Waals surface area contributed by atoms with E-state index >= 15 is 0 Å². The first-order valence-corrected chi connectivity index (χ1v) is 14.0. The smallest absolute Gasteiger partial charge is 0.375 e. The van der Waals surface area contributed by atoms with E-state index in [1.54, 1.807) is 0 Å².